The minimum atomic E-state index is 0.466. The standard InChI is InChI=1S/C23H14Cl3O/c24-18-13-11-15(12-14-18)19-20(25)22(16-7-3-1-4-8-16)27-23(21(19)26)17-9-5-2-6-10-17/h1-14H/q+1. The average Bonchev–Trinajstić information content (AvgIpc) is 2.71. The predicted octanol–water partition coefficient (Wildman–Crippen LogP) is 8.52. The smallest absolute Gasteiger partial charge is 0.203 e. The maximum atomic E-state index is 6.77. The molecular formula is C23H14Cl3O+. The Balaban J connectivity index is 2.04. The number of hydrogen-bond acceptors (Lipinski definition) is 0. The molecule has 0 spiro atoms. The van der Waals surface area contributed by atoms with Crippen molar-refractivity contribution in [1.29, 1.82) is 0 Å². The molecule has 0 radical (unpaired) electrons. The lowest BCUT2D eigenvalue weighted by Gasteiger charge is -2.08. The molecule has 0 N–H and O–H groups in total. The van der Waals surface area contributed by atoms with Crippen molar-refractivity contribution in [2.75, 3.05) is 0 Å². The largest absolute Gasteiger partial charge is 0.379 e. The summed E-state index contributed by atoms with van der Waals surface area (Å²) in [7, 11) is 0. The second-order valence-corrected chi connectivity index (χ2v) is 7.19. The molecule has 4 rings (SSSR count). The third-order valence-electron chi connectivity index (χ3n) is 4.25. The van der Waals surface area contributed by atoms with Crippen LogP contribution in [0.2, 0.25) is 15.1 Å². The average molecular weight is 413 g/mol. The third-order valence-corrected chi connectivity index (χ3v) is 5.22. The topological polar surface area (TPSA) is 11.3 Å². The summed E-state index contributed by atoms with van der Waals surface area (Å²) in [6.45, 7) is 0. The zero-order valence-electron chi connectivity index (χ0n) is 14.1. The van der Waals surface area contributed by atoms with Gasteiger partial charge in [-0.25, -0.2) is 4.42 Å². The van der Waals surface area contributed by atoms with Gasteiger partial charge >= 0.3 is 11.5 Å². The predicted molar refractivity (Wildman–Crippen MR) is 114 cm³/mol. The van der Waals surface area contributed by atoms with Crippen molar-refractivity contribution >= 4 is 34.8 Å². The minimum Gasteiger partial charge on any atom is -0.203 e. The van der Waals surface area contributed by atoms with Gasteiger partial charge in [0, 0.05) is 10.6 Å². The highest BCUT2D eigenvalue weighted by Gasteiger charge is 2.31. The van der Waals surface area contributed by atoms with E-state index in [1.165, 1.54) is 0 Å². The molecule has 3 aromatic carbocycles. The summed E-state index contributed by atoms with van der Waals surface area (Å²) in [4.78, 5) is 0. The van der Waals surface area contributed by atoms with Gasteiger partial charge in [0.1, 0.15) is 0 Å². The summed E-state index contributed by atoms with van der Waals surface area (Å²) in [6, 6.07) is 26.9. The molecule has 0 saturated carbocycles. The molecule has 4 heteroatoms. The molecule has 4 aromatic rings. The zero-order chi connectivity index (χ0) is 18.8. The van der Waals surface area contributed by atoms with Crippen molar-refractivity contribution in [3.05, 3.63) is 100.0 Å². The molecule has 0 aliphatic carbocycles. The van der Waals surface area contributed by atoms with Crippen LogP contribution in [0.1, 0.15) is 0 Å². The lowest BCUT2D eigenvalue weighted by atomic mass is 10.0. The van der Waals surface area contributed by atoms with E-state index in [1.807, 2.05) is 84.9 Å². The second-order valence-electron chi connectivity index (χ2n) is 6.00. The minimum absolute atomic E-state index is 0.466. The van der Waals surface area contributed by atoms with Crippen LogP contribution in [0.5, 0.6) is 0 Å². The van der Waals surface area contributed by atoms with E-state index < -0.39 is 0 Å². The molecule has 1 heterocycles. The Kier molecular flexibility index (Phi) is 5.18. The number of halogens is 3. The van der Waals surface area contributed by atoms with Gasteiger partial charge in [0.2, 0.25) is 0 Å². The van der Waals surface area contributed by atoms with Crippen LogP contribution in [0.25, 0.3) is 33.8 Å². The number of rotatable bonds is 3. The summed E-state index contributed by atoms with van der Waals surface area (Å²) < 4.78 is 6.21. The highest BCUT2D eigenvalue weighted by Crippen LogP contribution is 2.46. The van der Waals surface area contributed by atoms with E-state index in [2.05, 4.69) is 0 Å². The van der Waals surface area contributed by atoms with Gasteiger partial charge in [-0.3, -0.25) is 0 Å². The quantitative estimate of drug-likeness (QED) is 0.307. The Morgan fingerprint density at radius 2 is 0.926 bits per heavy atom. The Labute approximate surface area is 172 Å². The fourth-order valence-electron chi connectivity index (χ4n) is 2.94. The first-order chi connectivity index (χ1) is 13.1. The molecule has 0 bridgehead atoms. The fourth-order valence-corrected chi connectivity index (χ4v) is 3.81. The molecule has 0 saturated heterocycles. The first-order valence-corrected chi connectivity index (χ1v) is 9.50. The molecule has 27 heavy (non-hydrogen) atoms. The van der Waals surface area contributed by atoms with Crippen LogP contribution in [0.15, 0.2) is 89.3 Å². The molecular weight excluding hydrogens is 399 g/mol. The molecule has 0 amide bonds. The van der Waals surface area contributed by atoms with Crippen LogP contribution in [-0.4, -0.2) is 0 Å². The van der Waals surface area contributed by atoms with Gasteiger partial charge in [-0.2, -0.15) is 0 Å². The van der Waals surface area contributed by atoms with Gasteiger partial charge in [0.25, 0.3) is 0 Å². The Hall–Kier alpha value is -2.32. The normalized spacial score (nSPS) is 10.8. The zero-order valence-corrected chi connectivity index (χ0v) is 16.4. The van der Waals surface area contributed by atoms with Crippen molar-refractivity contribution in [1.82, 2.24) is 0 Å². The maximum absolute atomic E-state index is 6.77. The van der Waals surface area contributed by atoms with Crippen molar-refractivity contribution in [2.45, 2.75) is 0 Å². The summed E-state index contributed by atoms with van der Waals surface area (Å²) in [5.41, 5.74) is 3.36. The number of hydrogen-bond donors (Lipinski definition) is 0. The van der Waals surface area contributed by atoms with Gasteiger partial charge in [-0.05, 0) is 42.0 Å². The molecule has 1 nitrogen and oxygen atoms in total. The van der Waals surface area contributed by atoms with Crippen LogP contribution < -0.4 is 0 Å². The summed E-state index contributed by atoms with van der Waals surface area (Å²) >= 11 is 19.6. The van der Waals surface area contributed by atoms with E-state index in [0.717, 1.165) is 22.3 Å². The first kappa shape index (κ1) is 18.1. The van der Waals surface area contributed by atoms with Crippen LogP contribution in [-0.2, 0) is 0 Å². The van der Waals surface area contributed by atoms with Gasteiger partial charge in [-0.1, -0.05) is 83.3 Å². The monoisotopic (exact) mass is 411 g/mol. The van der Waals surface area contributed by atoms with Crippen molar-refractivity contribution in [2.24, 2.45) is 0 Å². The van der Waals surface area contributed by atoms with Crippen LogP contribution in [0.4, 0.5) is 0 Å². The summed E-state index contributed by atoms with van der Waals surface area (Å²) in [5.74, 6) is 1.15. The molecule has 0 aliphatic rings. The van der Waals surface area contributed by atoms with Gasteiger partial charge in [-0.15, -0.1) is 0 Å². The maximum Gasteiger partial charge on any atom is 0.379 e. The fraction of sp³-hybridized carbons (Fsp3) is 0. The first-order valence-electron chi connectivity index (χ1n) is 8.37. The summed E-state index contributed by atoms with van der Waals surface area (Å²) in [5, 5.41) is 1.58. The van der Waals surface area contributed by atoms with Gasteiger partial charge in [0.15, 0.2) is 10.0 Å². The molecule has 1 aromatic heterocycles. The van der Waals surface area contributed by atoms with Crippen molar-refractivity contribution < 1.29 is 4.42 Å². The Morgan fingerprint density at radius 3 is 1.37 bits per heavy atom. The van der Waals surface area contributed by atoms with Gasteiger partial charge < -0.3 is 0 Å². The molecule has 0 aliphatic heterocycles. The Bertz CT molecular complexity index is 1010. The van der Waals surface area contributed by atoms with E-state index in [1.54, 1.807) is 0 Å². The second kappa shape index (κ2) is 7.74. The molecule has 0 fully saturated rings. The molecule has 0 unspecified atom stereocenters. The van der Waals surface area contributed by atoms with E-state index in [0.29, 0.717) is 26.6 Å². The lowest BCUT2D eigenvalue weighted by Crippen LogP contribution is -1.91. The van der Waals surface area contributed by atoms with E-state index >= 15 is 0 Å². The highest BCUT2D eigenvalue weighted by atomic mass is 35.5. The van der Waals surface area contributed by atoms with Crippen molar-refractivity contribution in [3.8, 4) is 33.8 Å². The number of benzene rings is 3. The third kappa shape index (κ3) is 3.59. The van der Waals surface area contributed by atoms with Crippen molar-refractivity contribution in [3.63, 3.8) is 0 Å². The highest BCUT2D eigenvalue weighted by molar-refractivity contribution is 6.41. The molecule has 132 valence electrons. The van der Waals surface area contributed by atoms with E-state index in [9.17, 15) is 0 Å². The lowest BCUT2D eigenvalue weighted by molar-refractivity contribution is 0.583. The van der Waals surface area contributed by atoms with E-state index in [-0.39, 0.29) is 0 Å². The van der Waals surface area contributed by atoms with Crippen LogP contribution in [0.3, 0.4) is 0 Å². The Morgan fingerprint density at radius 1 is 0.481 bits per heavy atom. The van der Waals surface area contributed by atoms with Crippen LogP contribution in [0, 0.1) is 0 Å². The van der Waals surface area contributed by atoms with Gasteiger partial charge in [0.05, 0.1) is 11.1 Å². The SMILES string of the molecule is Clc1ccc(-c2c(Cl)c(-c3ccccc3)[o+]c(-c3ccccc3)c2Cl)cc1. The van der Waals surface area contributed by atoms with Crippen LogP contribution >= 0.6 is 34.8 Å². The summed E-state index contributed by atoms with van der Waals surface area (Å²) in [6.07, 6.45) is 0. The van der Waals surface area contributed by atoms with E-state index in [4.69, 9.17) is 39.2 Å². The molecule has 0 atom stereocenters.